The number of hydrogen-bond donors (Lipinski definition) is 2. The lowest BCUT2D eigenvalue weighted by molar-refractivity contribution is 0.0420. The number of aromatic nitrogens is 1. The lowest BCUT2D eigenvalue weighted by Gasteiger charge is -2.12. The number of aliphatic imine (C=N–C) groups is 1. The molecule has 1 aromatic rings. The van der Waals surface area contributed by atoms with Crippen LogP contribution in [0.25, 0.3) is 0 Å². The molecule has 6 nitrogen and oxygen atoms in total. The molecule has 2 N–H and O–H groups in total. The van der Waals surface area contributed by atoms with Gasteiger partial charge < -0.3 is 24.7 Å². The lowest BCUT2D eigenvalue weighted by atomic mass is 10.3. The highest BCUT2D eigenvalue weighted by Gasteiger charge is 2.15. The molecule has 1 aliphatic heterocycles. The first kappa shape index (κ1) is 16.8. The predicted octanol–water partition coefficient (Wildman–Crippen LogP) is 1.28. The van der Waals surface area contributed by atoms with Gasteiger partial charge in [-0.1, -0.05) is 0 Å². The van der Waals surface area contributed by atoms with Gasteiger partial charge in [0.15, 0.2) is 5.96 Å². The Hall–Kier alpha value is -1.53. The van der Waals surface area contributed by atoms with Gasteiger partial charge in [0.2, 0.25) is 0 Å². The van der Waals surface area contributed by atoms with E-state index < -0.39 is 0 Å². The minimum atomic E-state index is 0.292. The highest BCUT2D eigenvalue weighted by atomic mass is 16.5. The fourth-order valence-electron chi connectivity index (χ4n) is 2.34. The monoisotopic (exact) mass is 308 g/mol. The van der Waals surface area contributed by atoms with E-state index in [1.165, 1.54) is 5.56 Å². The summed E-state index contributed by atoms with van der Waals surface area (Å²) < 4.78 is 13.1. The Morgan fingerprint density at radius 3 is 3.09 bits per heavy atom. The molecule has 22 heavy (non-hydrogen) atoms. The highest BCUT2D eigenvalue weighted by Crippen LogP contribution is 2.07. The highest BCUT2D eigenvalue weighted by molar-refractivity contribution is 5.79. The Balaban J connectivity index is 1.64. The van der Waals surface area contributed by atoms with Crippen molar-refractivity contribution in [2.24, 2.45) is 12.0 Å². The molecule has 124 valence electrons. The van der Waals surface area contributed by atoms with Crippen LogP contribution in [0.3, 0.4) is 0 Å². The van der Waals surface area contributed by atoms with Crippen molar-refractivity contribution in [2.75, 3.05) is 32.9 Å². The van der Waals surface area contributed by atoms with Gasteiger partial charge >= 0.3 is 0 Å². The molecule has 0 bridgehead atoms. The van der Waals surface area contributed by atoms with Gasteiger partial charge in [-0.05, 0) is 31.4 Å². The summed E-state index contributed by atoms with van der Waals surface area (Å²) in [6.07, 6.45) is 6.40. The second kappa shape index (κ2) is 9.48. The number of guanidine groups is 1. The van der Waals surface area contributed by atoms with Crippen LogP contribution in [0.2, 0.25) is 0 Å². The molecule has 0 saturated carbocycles. The van der Waals surface area contributed by atoms with Crippen LogP contribution in [-0.2, 0) is 23.1 Å². The normalized spacial score (nSPS) is 18.6. The van der Waals surface area contributed by atoms with Crippen LogP contribution in [0, 0.1) is 0 Å². The smallest absolute Gasteiger partial charge is 0.191 e. The zero-order valence-electron chi connectivity index (χ0n) is 13.7. The van der Waals surface area contributed by atoms with Gasteiger partial charge in [0.1, 0.15) is 0 Å². The number of hydrogen-bond acceptors (Lipinski definition) is 3. The number of nitrogens with one attached hydrogen (secondary N) is 2. The Morgan fingerprint density at radius 1 is 1.50 bits per heavy atom. The molecule has 0 amide bonds. The number of nitrogens with zero attached hydrogens (tertiary/aromatic N) is 2. The second-order valence-corrected chi connectivity index (χ2v) is 5.52. The molecule has 1 fully saturated rings. The maximum absolute atomic E-state index is 5.75. The molecule has 2 heterocycles. The fraction of sp³-hybridized carbons (Fsp3) is 0.688. The summed E-state index contributed by atoms with van der Waals surface area (Å²) in [6.45, 7) is 6.81. The Morgan fingerprint density at radius 2 is 2.41 bits per heavy atom. The predicted molar refractivity (Wildman–Crippen MR) is 88.0 cm³/mol. The summed E-state index contributed by atoms with van der Waals surface area (Å²) in [4.78, 5) is 4.59. The first-order valence-corrected chi connectivity index (χ1v) is 8.10. The van der Waals surface area contributed by atoms with Gasteiger partial charge in [-0.3, -0.25) is 0 Å². The van der Waals surface area contributed by atoms with E-state index >= 15 is 0 Å². The van der Waals surface area contributed by atoms with Crippen molar-refractivity contribution in [3.05, 3.63) is 24.0 Å². The van der Waals surface area contributed by atoms with Gasteiger partial charge in [0, 0.05) is 45.7 Å². The molecule has 0 aliphatic carbocycles. The maximum atomic E-state index is 5.75. The Bertz CT molecular complexity index is 453. The third-order valence-corrected chi connectivity index (χ3v) is 3.51. The van der Waals surface area contributed by atoms with Crippen LogP contribution in [-0.4, -0.2) is 49.5 Å². The van der Waals surface area contributed by atoms with Crippen LogP contribution in [0.15, 0.2) is 23.5 Å². The quantitative estimate of drug-likeness (QED) is 0.431. The van der Waals surface area contributed by atoms with Gasteiger partial charge in [0.25, 0.3) is 0 Å². The lowest BCUT2D eigenvalue weighted by Crippen LogP contribution is -2.38. The van der Waals surface area contributed by atoms with Crippen molar-refractivity contribution in [1.82, 2.24) is 15.2 Å². The van der Waals surface area contributed by atoms with E-state index in [1.807, 2.05) is 17.8 Å². The average Bonchev–Trinajstić information content (AvgIpc) is 3.16. The van der Waals surface area contributed by atoms with Gasteiger partial charge in [0.05, 0.1) is 19.3 Å². The molecule has 2 rings (SSSR count). The van der Waals surface area contributed by atoms with Crippen LogP contribution >= 0.6 is 0 Å². The number of ether oxygens (including phenoxy) is 2. The standard InChI is InChI=1S/C16H28N4O2/c1-3-17-16(19-11-14-5-8-20(2)12-14)18-7-4-9-22-15-6-10-21-13-15/h5,8,12,15H,3-4,6-7,9-11,13H2,1-2H3,(H2,17,18,19). The van der Waals surface area contributed by atoms with E-state index in [4.69, 9.17) is 9.47 Å². The summed E-state index contributed by atoms with van der Waals surface area (Å²) in [7, 11) is 2.02. The molecule has 0 spiro atoms. The molecule has 0 aromatic carbocycles. The number of aryl methyl sites for hydroxylation is 1. The molecule has 0 radical (unpaired) electrons. The molecular weight excluding hydrogens is 280 g/mol. The largest absolute Gasteiger partial charge is 0.379 e. The molecule has 6 heteroatoms. The molecule has 1 unspecified atom stereocenters. The SMILES string of the molecule is CCNC(=NCc1ccn(C)c1)NCCCOC1CCOC1. The van der Waals surface area contributed by atoms with Crippen LogP contribution in [0.5, 0.6) is 0 Å². The van der Waals surface area contributed by atoms with E-state index in [0.717, 1.165) is 51.7 Å². The van der Waals surface area contributed by atoms with Crippen molar-refractivity contribution in [3.8, 4) is 0 Å². The van der Waals surface area contributed by atoms with Crippen LogP contribution in [0.1, 0.15) is 25.3 Å². The maximum Gasteiger partial charge on any atom is 0.191 e. The van der Waals surface area contributed by atoms with E-state index in [2.05, 4.69) is 34.8 Å². The third kappa shape index (κ3) is 6.07. The second-order valence-electron chi connectivity index (χ2n) is 5.52. The summed E-state index contributed by atoms with van der Waals surface area (Å²) in [5.41, 5.74) is 1.21. The Labute approximate surface area is 132 Å². The van der Waals surface area contributed by atoms with E-state index in [0.29, 0.717) is 12.6 Å². The first-order valence-electron chi connectivity index (χ1n) is 8.10. The topological polar surface area (TPSA) is 59.8 Å². The van der Waals surface area contributed by atoms with Crippen molar-refractivity contribution < 1.29 is 9.47 Å². The molecule has 1 saturated heterocycles. The molecular formula is C16H28N4O2. The van der Waals surface area contributed by atoms with E-state index in [1.54, 1.807) is 0 Å². The fourth-order valence-corrected chi connectivity index (χ4v) is 2.34. The molecule has 1 atom stereocenters. The van der Waals surface area contributed by atoms with Crippen LogP contribution < -0.4 is 10.6 Å². The summed E-state index contributed by atoms with van der Waals surface area (Å²) in [5.74, 6) is 0.857. The molecule has 1 aromatic heterocycles. The van der Waals surface area contributed by atoms with Crippen molar-refractivity contribution in [1.29, 1.82) is 0 Å². The summed E-state index contributed by atoms with van der Waals surface area (Å²) in [6, 6.07) is 2.09. The van der Waals surface area contributed by atoms with Crippen molar-refractivity contribution in [3.63, 3.8) is 0 Å². The third-order valence-electron chi connectivity index (χ3n) is 3.51. The number of rotatable bonds is 8. The summed E-state index contributed by atoms with van der Waals surface area (Å²) in [5, 5.41) is 6.61. The van der Waals surface area contributed by atoms with Crippen molar-refractivity contribution >= 4 is 5.96 Å². The zero-order valence-corrected chi connectivity index (χ0v) is 13.7. The van der Waals surface area contributed by atoms with Crippen molar-refractivity contribution in [2.45, 2.75) is 32.4 Å². The van der Waals surface area contributed by atoms with E-state index in [-0.39, 0.29) is 0 Å². The molecule has 1 aliphatic rings. The first-order chi connectivity index (χ1) is 10.8. The zero-order chi connectivity index (χ0) is 15.6. The van der Waals surface area contributed by atoms with Gasteiger partial charge in [-0.15, -0.1) is 0 Å². The minimum absolute atomic E-state index is 0.292. The average molecular weight is 308 g/mol. The van der Waals surface area contributed by atoms with E-state index in [9.17, 15) is 0 Å². The summed E-state index contributed by atoms with van der Waals surface area (Å²) >= 11 is 0. The minimum Gasteiger partial charge on any atom is -0.379 e. The van der Waals surface area contributed by atoms with Gasteiger partial charge in [-0.25, -0.2) is 4.99 Å². The Kier molecular flexibility index (Phi) is 7.25. The van der Waals surface area contributed by atoms with Gasteiger partial charge in [-0.2, -0.15) is 0 Å². The van der Waals surface area contributed by atoms with Crippen LogP contribution in [0.4, 0.5) is 0 Å².